The summed E-state index contributed by atoms with van der Waals surface area (Å²) in [5.41, 5.74) is 4.05. The van der Waals surface area contributed by atoms with E-state index in [9.17, 15) is 23.1 Å². The molecule has 1 aliphatic heterocycles. The number of carbonyl (C=O) groups is 1. The minimum atomic E-state index is -4.74. The molecule has 1 aromatic carbocycles. The average molecular weight is 741 g/mol. The maximum absolute atomic E-state index is 14.3. The van der Waals surface area contributed by atoms with E-state index in [-0.39, 0.29) is 36.5 Å². The molecule has 0 radical (unpaired) electrons. The van der Waals surface area contributed by atoms with Gasteiger partial charge in [0.1, 0.15) is 11.7 Å². The summed E-state index contributed by atoms with van der Waals surface area (Å²) in [6.07, 6.45) is -2.24. The third-order valence-corrected chi connectivity index (χ3v) is 9.48. The minimum Gasteiger partial charge on any atom is -0.481 e. The van der Waals surface area contributed by atoms with Crippen molar-refractivity contribution in [2.24, 2.45) is 0 Å². The van der Waals surface area contributed by atoms with Crippen molar-refractivity contribution in [1.82, 2.24) is 30.9 Å². The molecular formula is C37H40ClF3N6O5. The number of halogens is 4. The van der Waals surface area contributed by atoms with E-state index in [4.69, 9.17) is 30.8 Å². The number of amides is 1. The fourth-order valence-corrected chi connectivity index (χ4v) is 6.91. The van der Waals surface area contributed by atoms with Gasteiger partial charge in [0.05, 0.1) is 36.7 Å². The van der Waals surface area contributed by atoms with E-state index in [0.717, 1.165) is 29.2 Å². The molecular weight excluding hydrogens is 701 g/mol. The van der Waals surface area contributed by atoms with Crippen LogP contribution >= 0.6 is 11.6 Å². The number of hydrogen-bond acceptors (Lipinski definition) is 10. The van der Waals surface area contributed by atoms with Gasteiger partial charge in [-0.15, -0.1) is 0 Å². The number of benzene rings is 1. The van der Waals surface area contributed by atoms with E-state index >= 15 is 0 Å². The van der Waals surface area contributed by atoms with Crippen molar-refractivity contribution in [2.45, 2.75) is 70.1 Å². The number of aliphatic hydroxyl groups is 1. The number of alkyl halides is 3. The lowest BCUT2D eigenvalue weighted by Crippen LogP contribution is -2.35. The molecule has 15 heteroatoms. The number of nitrogens with zero attached hydrogens (tertiary/aromatic N) is 3. The summed E-state index contributed by atoms with van der Waals surface area (Å²) in [6, 6.07) is 12.1. The summed E-state index contributed by atoms with van der Waals surface area (Å²) < 4.78 is 59.9. The van der Waals surface area contributed by atoms with Gasteiger partial charge in [-0.2, -0.15) is 18.2 Å². The van der Waals surface area contributed by atoms with Crippen molar-refractivity contribution < 1.29 is 37.3 Å². The van der Waals surface area contributed by atoms with Crippen LogP contribution in [0.1, 0.15) is 60.1 Å². The average Bonchev–Trinajstić information content (AvgIpc) is 3.73. The molecule has 1 saturated heterocycles. The van der Waals surface area contributed by atoms with Crippen LogP contribution in [0, 0.1) is 0 Å². The molecule has 0 spiro atoms. The lowest BCUT2D eigenvalue weighted by molar-refractivity contribution is -0.139. The van der Waals surface area contributed by atoms with Crippen molar-refractivity contribution in [3.63, 3.8) is 0 Å². The van der Waals surface area contributed by atoms with Gasteiger partial charge in [0.15, 0.2) is 0 Å². The number of methoxy groups -OCH3 is 2. The molecule has 0 unspecified atom stereocenters. The molecule has 52 heavy (non-hydrogen) atoms. The summed E-state index contributed by atoms with van der Waals surface area (Å²) in [4.78, 5) is 25.0. The summed E-state index contributed by atoms with van der Waals surface area (Å²) in [7, 11) is 2.88. The SMILES string of the molecule is COc1nc(-c2ccnc(-c3cccc4c3CC[C@@H]4Oc3nc(OC)c(CNC[C@H](C)O)cc3C(F)(F)F)c2Cl)ccc1CNC[C@H]1CCC(=O)N1. The van der Waals surface area contributed by atoms with E-state index in [0.29, 0.717) is 65.8 Å². The molecule has 1 amide bonds. The number of hydrogen-bond donors (Lipinski definition) is 4. The Morgan fingerprint density at radius 2 is 1.75 bits per heavy atom. The van der Waals surface area contributed by atoms with Crippen LogP contribution in [0.3, 0.4) is 0 Å². The van der Waals surface area contributed by atoms with Crippen LogP contribution in [0.25, 0.3) is 22.5 Å². The molecule has 0 saturated carbocycles. The molecule has 4 aromatic rings. The fourth-order valence-electron chi connectivity index (χ4n) is 6.60. The van der Waals surface area contributed by atoms with Gasteiger partial charge in [0, 0.05) is 67.1 Å². The van der Waals surface area contributed by atoms with Crippen LogP contribution in [0.15, 0.2) is 48.7 Å². The van der Waals surface area contributed by atoms with Crippen LogP contribution in [-0.2, 0) is 30.5 Å². The molecule has 0 bridgehead atoms. The molecule has 3 aromatic heterocycles. The Morgan fingerprint density at radius 3 is 2.46 bits per heavy atom. The molecule has 3 atom stereocenters. The van der Waals surface area contributed by atoms with E-state index in [1.165, 1.54) is 7.11 Å². The fraction of sp³-hybridized carbons (Fsp3) is 0.405. The van der Waals surface area contributed by atoms with Crippen molar-refractivity contribution in [3.05, 3.63) is 81.5 Å². The normalized spacial score (nSPS) is 17.5. The highest BCUT2D eigenvalue weighted by molar-refractivity contribution is 6.35. The smallest absolute Gasteiger partial charge is 0.421 e. The Bertz CT molecular complexity index is 1930. The molecule has 2 aliphatic rings. The first-order valence-corrected chi connectivity index (χ1v) is 17.4. The first-order chi connectivity index (χ1) is 25.0. The first-order valence-electron chi connectivity index (χ1n) is 17.0. The van der Waals surface area contributed by atoms with Crippen molar-refractivity contribution in [2.75, 3.05) is 27.3 Å². The van der Waals surface area contributed by atoms with Gasteiger partial charge in [-0.1, -0.05) is 35.9 Å². The van der Waals surface area contributed by atoms with Gasteiger partial charge in [0.2, 0.25) is 23.5 Å². The number of aliphatic hydroxyl groups excluding tert-OH is 1. The zero-order valence-corrected chi connectivity index (χ0v) is 29.7. The van der Waals surface area contributed by atoms with Gasteiger partial charge >= 0.3 is 6.18 Å². The highest BCUT2D eigenvalue weighted by Crippen LogP contribution is 2.45. The van der Waals surface area contributed by atoms with Crippen molar-refractivity contribution in [3.8, 4) is 40.2 Å². The monoisotopic (exact) mass is 740 g/mol. The largest absolute Gasteiger partial charge is 0.481 e. The molecule has 11 nitrogen and oxygen atoms in total. The lowest BCUT2D eigenvalue weighted by Gasteiger charge is -2.21. The van der Waals surface area contributed by atoms with E-state index in [1.807, 2.05) is 24.3 Å². The van der Waals surface area contributed by atoms with E-state index < -0.39 is 29.8 Å². The molecule has 1 aliphatic carbocycles. The summed E-state index contributed by atoms with van der Waals surface area (Å²) in [5, 5.41) is 19.1. The Kier molecular flexibility index (Phi) is 11.5. The third-order valence-electron chi connectivity index (χ3n) is 9.09. The van der Waals surface area contributed by atoms with Crippen LogP contribution in [0.4, 0.5) is 13.2 Å². The van der Waals surface area contributed by atoms with Gasteiger partial charge in [-0.3, -0.25) is 9.78 Å². The highest BCUT2D eigenvalue weighted by Gasteiger charge is 2.39. The lowest BCUT2D eigenvalue weighted by atomic mass is 9.98. The van der Waals surface area contributed by atoms with Gasteiger partial charge in [-0.05, 0) is 55.5 Å². The third kappa shape index (κ3) is 8.25. The van der Waals surface area contributed by atoms with Gasteiger partial charge in [0.25, 0.3) is 0 Å². The van der Waals surface area contributed by atoms with E-state index in [2.05, 4.69) is 25.9 Å². The molecule has 6 rings (SSSR count). The number of fused-ring (bicyclic) bond motifs is 1. The maximum Gasteiger partial charge on any atom is 0.421 e. The predicted molar refractivity (Wildman–Crippen MR) is 188 cm³/mol. The van der Waals surface area contributed by atoms with Gasteiger partial charge in [-0.25, -0.2) is 4.98 Å². The number of ether oxygens (including phenoxy) is 3. The highest BCUT2D eigenvalue weighted by atomic mass is 35.5. The second-order valence-electron chi connectivity index (χ2n) is 12.8. The second-order valence-corrected chi connectivity index (χ2v) is 13.2. The van der Waals surface area contributed by atoms with Crippen LogP contribution < -0.4 is 30.2 Å². The maximum atomic E-state index is 14.3. The Morgan fingerprint density at radius 1 is 0.981 bits per heavy atom. The number of rotatable bonds is 14. The summed E-state index contributed by atoms with van der Waals surface area (Å²) >= 11 is 7.03. The number of nitrogens with one attached hydrogen (secondary N) is 3. The molecule has 1 fully saturated rings. The Hall–Kier alpha value is -4.50. The second kappa shape index (κ2) is 16.0. The predicted octanol–water partition coefficient (Wildman–Crippen LogP) is 5.80. The number of carbonyl (C=O) groups excluding carboxylic acids is 1. The van der Waals surface area contributed by atoms with Crippen molar-refractivity contribution >= 4 is 17.5 Å². The number of pyridine rings is 3. The standard InChI is InChI=1S/C37H40ClF3N6O5/c1-20(48)16-42-18-22-15-28(37(39,40)41)36(47-35(22)51-3)52-30-11-9-24-25(30)5-4-6-26(24)33-32(38)27(13-14-44-33)29-10-7-21(34(46-29)50-2)17-43-19-23-8-12-31(49)45-23/h4-7,10,13-15,20,23,30,42-43,48H,8-9,11-12,16-19H2,1-3H3,(H,45,49)/t20-,23+,30-/m0/s1. The summed E-state index contributed by atoms with van der Waals surface area (Å²) in [6.45, 7) is 2.90. The van der Waals surface area contributed by atoms with Crippen LogP contribution in [-0.4, -0.2) is 65.4 Å². The summed E-state index contributed by atoms with van der Waals surface area (Å²) in [5.74, 6) is -0.0810. The zero-order valence-electron chi connectivity index (χ0n) is 28.9. The van der Waals surface area contributed by atoms with Crippen molar-refractivity contribution in [1.29, 1.82) is 0 Å². The Balaban J connectivity index is 1.25. The van der Waals surface area contributed by atoms with Crippen LogP contribution in [0.2, 0.25) is 5.02 Å². The van der Waals surface area contributed by atoms with E-state index in [1.54, 1.807) is 32.4 Å². The number of aromatic nitrogens is 3. The zero-order chi connectivity index (χ0) is 37.0. The Labute approximate surface area is 304 Å². The molecule has 4 heterocycles. The van der Waals surface area contributed by atoms with Gasteiger partial charge < -0.3 is 35.3 Å². The topological polar surface area (TPSA) is 140 Å². The van der Waals surface area contributed by atoms with Crippen LogP contribution in [0.5, 0.6) is 17.6 Å². The minimum absolute atomic E-state index is 0.00513. The first kappa shape index (κ1) is 37.3. The molecule has 4 N–H and O–H groups in total. The molecule has 276 valence electrons. The quantitative estimate of drug-likeness (QED) is 0.126.